The van der Waals surface area contributed by atoms with Crippen molar-refractivity contribution >= 4 is 15.9 Å². The zero-order valence-electron chi connectivity index (χ0n) is 11.8. The lowest BCUT2D eigenvalue weighted by Gasteiger charge is -2.33. The largest absolute Gasteiger partial charge is 0.365 e. The van der Waals surface area contributed by atoms with Gasteiger partial charge in [-0.25, -0.2) is 12.8 Å². The van der Waals surface area contributed by atoms with Crippen LogP contribution >= 0.6 is 0 Å². The number of hydrogen-bond acceptors (Lipinski definition) is 3. The minimum Gasteiger partial charge on any atom is -0.365 e. The second-order valence-corrected chi connectivity index (χ2v) is 7.08. The van der Waals surface area contributed by atoms with Crippen molar-refractivity contribution in [2.75, 3.05) is 26.2 Å². The maximum atomic E-state index is 13.2. The molecule has 0 bridgehead atoms. The third-order valence-corrected chi connectivity index (χ3v) is 5.73. The Hall–Kier alpha value is -1.51. The Bertz CT molecular complexity index is 627. The summed E-state index contributed by atoms with van der Waals surface area (Å²) in [6.07, 6.45) is 0. The lowest BCUT2D eigenvalue weighted by molar-refractivity contribution is -0.917. The second kappa shape index (κ2) is 6.08. The molecule has 3 N–H and O–H groups in total. The number of primary amides is 1. The number of sulfonamides is 1. The van der Waals surface area contributed by atoms with Gasteiger partial charge in [-0.1, -0.05) is 6.07 Å². The first-order valence-electron chi connectivity index (χ1n) is 6.72. The number of amides is 1. The molecule has 1 aromatic carbocycles. The van der Waals surface area contributed by atoms with E-state index in [-0.39, 0.29) is 24.0 Å². The van der Waals surface area contributed by atoms with Crippen LogP contribution in [0.5, 0.6) is 0 Å². The van der Waals surface area contributed by atoms with Gasteiger partial charge in [0.05, 0.1) is 31.1 Å². The number of hydrogen-bond donors (Lipinski definition) is 2. The maximum Gasteiger partial charge on any atom is 0.275 e. The molecule has 0 aliphatic carbocycles. The highest BCUT2D eigenvalue weighted by atomic mass is 32.2. The molecule has 0 aromatic heterocycles. The van der Waals surface area contributed by atoms with Crippen LogP contribution in [0.4, 0.5) is 4.39 Å². The minimum atomic E-state index is -3.69. The van der Waals surface area contributed by atoms with Crippen molar-refractivity contribution in [1.82, 2.24) is 4.31 Å². The lowest BCUT2D eigenvalue weighted by atomic mass is 10.2. The normalized spacial score (nSPS) is 19.3. The van der Waals surface area contributed by atoms with Crippen molar-refractivity contribution < 1.29 is 22.5 Å². The van der Waals surface area contributed by atoms with Crippen LogP contribution in [0.2, 0.25) is 0 Å². The van der Waals surface area contributed by atoms with Gasteiger partial charge >= 0.3 is 0 Å². The summed E-state index contributed by atoms with van der Waals surface area (Å²) in [5.41, 5.74) is 5.26. The van der Waals surface area contributed by atoms with Crippen molar-refractivity contribution in [2.24, 2.45) is 5.73 Å². The second-order valence-electron chi connectivity index (χ2n) is 5.14. The quantitative estimate of drug-likeness (QED) is 0.716. The summed E-state index contributed by atoms with van der Waals surface area (Å²) in [6, 6.07) is 4.63. The molecule has 1 saturated heterocycles. The van der Waals surface area contributed by atoms with E-state index in [0.29, 0.717) is 13.1 Å². The zero-order chi connectivity index (χ0) is 15.6. The third kappa shape index (κ3) is 3.39. The molecule has 0 saturated carbocycles. The summed E-state index contributed by atoms with van der Waals surface area (Å²) in [6.45, 7) is 3.29. The summed E-state index contributed by atoms with van der Waals surface area (Å²) in [7, 11) is -3.69. The fraction of sp³-hybridized carbons (Fsp3) is 0.462. The summed E-state index contributed by atoms with van der Waals surface area (Å²) in [5, 5.41) is 0. The summed E-state index contributed by atoms with van der Waals surface area (Å²) in [4.78, 5) is 12.1. The van der Waals surface area contributed by atoms with Crippen LogP contribution in [0.15, 0.2) is 29.2 Å². The van der Waals surface area contributed by atoms with E-state index in [1.54, 1.807) is 6.92 Å². The number of carbonyl (C=O) groups excluding carboxylic acids is 1. The molecule has 0 radical (unpaired) electrons. The number of quaternary nitrogens is 1. The van der Waals surface area contributed by atoms with E-state index >= 15 is 0 Å². The van der Waals surface area contributed by atoms with Gasteiger partial charge in [-0.3, -0.25) is 4.79 Å². The Morgan fingerprint density at radius 2 is 2.00 bits per heavy atom. The first-order chi connectivity index (χ1) is 9.82. The smallest absolute Gasteiger partial charge is 0.275 e. The first kappa shape index (κ1) is 15.9. The first-order valence-corrected chi connectivity index (χ1v) is 8.16. The van der Waals surface area contributed by atoms with Crippen molar-refractivity contribution in [3.05, 3.63) is 30.1 Å². The number of piperazine rings is 1. The Balaban J connectivity index is 2.09. The van der Waals surface area contributed by atoms with E-state index in [0.717, 1.165) is 11.0 Å². The van der Waals surface area contributed by atoms with Crippen LogP contribution < -0.4 is 10.6 Å². The molecule has 0 spiro atoms. The molecule has 8 heteroatoms. The topological polar surface area (TPSA) is 84.9 Å². The molecule has 1 aliphatic heterocycles. The molecule has 1 atom stereocenters. The van der Waals surface area contributed by atoms with Crippen molar-refractivity contribution in [1.29, 1.82) is 0 Å². The van der Waals surface area contributed by atoms with Crippen LogP contribution in [-0.4, -0.2) is 50.9 Å². The van der Waals surface area contributed by atoms with E-state index in [1.165, 1.54) is 22.5 Å². The Morgan fingerprint density at radius 3 is 2.52 bits per heavy atom. The predicted molar refractivity (Wildman–Crippen MR) is 74.5 cm³/mol. The molecule has 1 fully saturated rings. The number of rotatable bonds is 4. The molecule has 21 heavy (non-hydrogen) atoms. The van der Waals surface area contributed by atoms with Gasteiger partial charge in [0.25, 0.3) is 5.91 Å². The fourth-order valence-electron chi connectivity index (χ4n) is 2.42. The fourth-order valence-corrected chi connectivity index (χ4v) is 3.90. The van der Waals surface area contributed by atoms with Crippen LogP contribution in [0.3, 0.4) is 0 Å². The van der Waals surface area contributed by atoms with Crippen molar-refractivity contribution in [2.45, 2.75) is 17.9 Å². The van der Waals surface area contributed by atoms with Gasteiger partial charge in [-0.2, -0.15) is 4.31 Å². The third-order valence-electron chi connectivity index (χ3n) is 3.84. The lowest BCUT2D eigenvalue weighted by Crippen LogP contribution is -3.19. The van der Waals surface area contributed by atoms with Crippen LogP contribution in [0.25, 0.3) is 0 Å². The average Bonchev–Trinajstić information content (AvgIpc) is 2.46. The van der Waals surface area contributed by atoms with Gasteiger partial charge in [0.2, 0.25) is 10.0 Å². The molecule has 0 unspecified atom stereocenters. The van der Waals surface area contributed by atoms with Gasteiger partial charge in [0, 0.05) is 0 Å². The predicted octanol–water partition coefficient (Wildman–Crippen LogP) is -1.41. The number of nitrogens with zero attached hydrogens (tertiary/aromatic N) is 1. The molecule has 1 aliphatic rings. The van der Waals surface area contributed by atoms with E-state index < -0.39 is 21.7 Å². The molecule has 116 valence electrons. The summed E-state index contributed by atoms with van der Waals surface area (Å²) < 4.78 is 39.3. The highest BCUT2D eigenvalue weighted by molar-refractivity contribution is 7.89. The van der Waals surface area contributed by atoms with Crippen LogP contribution in [-0.2, 0) is 14.8 Å². The van der Waals surface area contributed by atoms with Crippen molar-refractivity contribution in [3.8, 4) is 0 Å². The summed E-state index contributed by atoms with van der Waals surface area (Å²) >= 11 is 0. The highest BCUT2D eigenvalue weighted by Gasteiger charge is 2.33. The maximum absolute atomic E-state index is 13.2. The molecular weight excluding hydrogens is 297 g/mol. The average molecular weight is 316 g/mol. The van der Waals surface area contributed by atoms with Gasteiger partial charge in [0.15, 0.2) is 6.04 Å². The van der Waals surface area contributed by atoms with E-state index in [1.807, 2.05) is 0 Å². The molecular formula is C13H19FN3O3S+. The number of nitrogens with one attached hydrogen (secondary N) is 1. The molecule has 1 heterocycles. The van der Waals surface area contributed by atoms with E-state index in [4.69, 9.17) is 5.73 Å². The molecule has 6 nitrogen and oxygen atoms in total. The van der Waals surface area contributed by atoms with Crippen molar-refractivity contribution in [3.63, 3.8) is 0 Å². The Morgan fingerprint density at radius 1 is 1.38 bits per heavy atom. The number of carbonyl (C=O) groups is 1. The molecule has 1 amide bonds. The van der Waals surface area contributed by atoms with Gasteiger partial charge < -0.3 is 10.6 Å². The number of nitrogens with two attached hydrogens (primary N) is 1. The summed E-state index contributed by atoms with van der Waals surface area (Å²) in [5.74, 6) is -0.978. The SMILES string of the molecule is C[C@H](C(N)=O)[NH+]1CCN(S(=O)(=O)c2cccc(F)c2)CC1. The zero-order valence-corrected chi connectivity index (χ0v) is 12.6. The van der Waals surface area contributed by atoms with E-state index in [9.17, 15) is 17.6 Å². The minimum absolute atomic E-state index is 0.0473. The van der Waals surface area contributed by atoms with E-state index in [2.05, 4.69) is 0 Å². The van der Waals surface area contributed by atoms with Gasteiger partial charge in [-0.05, 0) is 25.1 Å². The Labute approximate surface area is 123 Å². The van der Waals surface area contributed by atoms with Gasteiger partial charge in [-0.15, -0.1) is 0 Å². The number of benzene rings is 1. The Kier molecular flexibility index (Phi) is 4.60. The van der Waals surface area contributed by atoms with Crippen LogP contribution in [0.1, 0.15) is 6.92 Å². The molecule has 2 rings (SSSR count). The number of halogens is 1. The molecule has 1 aromatic rings. The van der Waals surface area contributed by atoms with Crippen LogP contribution in [0, 0.1) is 5.82 Å². The van der Waals surface area contributed by atoms with Gasteiger partial charge in [0.1, 0.15) is 5.82 Å². The standard InChI is InChI=1S/C13H18FN3O3S/c1-10(13(15)18)16-5-7-17(8-6-16)21(19,20)12-4-2-3-11(14)9-12/h2-4,9-10H,5-8H2,1H3,(H2,15,18)/p+1/t10-/m1/s1. The highest BCUT2D eigenvalue weighted by Crippen LogP contribution is 2.16. The monoisotopic (exact) mass is 316 g/mol.